The molecule has 0 aliphatic heterocycles. The number of aromatic amines is 1. The summed E-state index contributed by atoms with van der Waals surface area (Å²) in [6, 6.07) is 2.77. The third-order valence-electron chi connectivity index (χ3n) is 6.11. The number of hydrogen-bond acceptors (Lipinski definition) is 6. The number of carboxylic acids is 1. The molecule has 38 heavy (non-hydrogen) atoms. The number of rotatable bonds is 14. The molecule has 4 unspecified atom stereocenters. The Labute approximate surface area is 221 Å². The van der Waals surface area contributed by atoms with Crippen LogP contribution in [-0.2, 0) is 30.4 Å². The zero-order valence-corrected chi connectivity index (χ0v) is 22.1. The standard InChI is InChI=1S/C26H38N6O6/c1-13(2)9-18(31-25(36)22(28)14(3)4)23(34)30-19(24(35)32-20(26(37)38)11-21(27)33)10-15-12-29-17-8-6-5-7-16(15)17/h5-8,12-14,18-20,22,29H,9-11,28H2,1-4H3,(H2,27,33)(H,30,34)(H,31,36)(H,32,35)(H,37,38). The molecule has 4 amide bonds. The van der Waals surface area contributed by atoms with Crippen molar-refractivity contribution in [2.75, 3.05) is 0 Å². The molecule has 1 aromatic carbocycles. The summed E-state index contributed by atoms with van der Waals surface area (Å²) < 4.78 is 0. The molecule has 0 radical (unpaired) electrons. The molecule has 2 aromatic rings. The molecule has 0 saturated heterocycles. The van der Waals surface area contributed by atoms with Crippen LogP contribution in [0, 0.1) is 11.8 Å². The lowest BCUT2D eigenvalue weighted by molar-refractivity contribution is -0.143. The van der Waals surface area contributed by atoms with Crippen molar-refractivity contribution in [3.05, 3.63) is 36.0 Å². The number of para-hydroxylation sites is 1. The van der Waals surface area contributed by atoms with Gasteiger partial charge < -0.3 is 37.5 Å². The molecule has 2 rings (SSSR count). The predicted molar refractivity (Wildman–Crippen MR) is 142 cm³/mol. The van der Waals surface area contributed by atoms with E-state index in [0.29, 0.717) is 5.56 Å². The number of primary amides is 1. The van der Waals surface area contributed by atoms with E-state index in [1.165, 1.54) is 0 Å². The third-order valence-corrected chi connectivity index (χ3v) is 6.11. The highest BCUT2D eigenvalue weighted by Crippen LogP contribution is 2.19. The number of carbonyl (C=O) groups excluding carboxylic acids is 4. The molecule has 0 spiro atoms. The van der Waals surface area contributed by atoms with Crippen LogP contribution in [0.15, 0.2) is 30.5 Å². The van der Waals surface area contributed by atoms with E-state index in [1.807, 2.05) is 38.1 Å². The Kier molecular flexibility index (Phi) is 10.8. The first-order valence-corrected chi connectivity index (χ1v) is 12.5. The number of carbonyl (C=O) groups is 5. The second-order valence-corrected chi connectivity index (χ2v) is 10.2. The summed E-state index contributed by atoms with van der Waals surface area (Å²) in [6.07, 6.45) is 1.37. The molecule has 0 fully saturated rings. The Morgan fingerprint density at radius 2 is 1.47 bits per heavy atom. The van der Waals surface area contributed by atoms with Crippen molar-refractivity contribution in [2.24, 2.45) is 23.3 Å². The van der Waals surface area contributed by atoms with Gasteiger partial charge in [0.2, 0.25) is 23.6 Å². The molecule has 12 heteroatoms. The van der Waals surface area contributed by atoms with Crippen LogP contribution in [0.2, 0.25) is 0 Å². The van der Waals surface area contributed by atoms with E-state index in [1.54, 1.807) is 20.0 Å². The van der Waals surface area contributed by atoms with Crippen LogP contribution in [-0.4, -0.2) is 63.9 Å². The Bertz CT molecular complexity index is 1160. The Morgan fingerprint density at radius 3 is 2.05 bits per heavy atom. The first-order valence-electron chi connectivity index (χ1n) is 12.5. The maximum Gasteiger partial charge on any atom is 0.326 e. The highest BCUT2D eigenvalue weighted by molar-refractivity contribution is 5.95. The molecule has 0 bridgehead atoms. The van der Waals surface area contributed by atoms with Crippen LogP contribution in [0.3, 0.4) is 0 Å². The van der Waals surface area contributed by atoms with Gasteiger partial charge in [-0.05, 0) is 29.9 Å². The molecular formula is C26H38N6O6. The van der Waals surface area contributed by atoms with Gasteiger partial charge in [-0.3, -0.25) is 19.2 Å². The molecule has 1 aromatic heterocycles. The van der Waals surface area contributed by atoms with Gasteiger partial charge in [0.1, 0.15) is 18.1 Å². The lowest BCUT2D eigenvalue weighted by Gasteiger charge is -2.26. The lowest BCUT2D eigenvalue weighted by atomic mass is 9.99. The number of aliphatic carboxylic acids is 1. The van der Waals surface area contributed by atoms with Gasteiger partial charge in [0.25, 0.3) is 0 Å². The number of aromatic nitrogens is 1. The number of H-pyrrole nitrogens is 1. The number of nitrogens with one attached hydrogen (secondary N) is 4. The van der Waals surface area contributed by atoms with E-state index in [0.717, 1.165) is 10.9 Å². The number of carboxylic acid groups (broad SMARTS) is 1. The summed E-state index contributed by atoms with van der Waals surface area (Å²) in [5.74, 6) is -4.41. The van der Waals surface area contributed by atoms with Crippen LogP contribution < -0.4 is 27.4 Å². The molecule has 0 aliphatic carbocycles. The fourth-order valence-corrected chi connectivity index (χ4v) is 3.95. The smallest absolute Gasteiger partial charge is 0.326 e. The average molecular weight is 531 g/mol. The number of fused-ring (bicyclic) bond motifs is 1. The van der Waals surface area contributed by atoms with Crippen molar-refractivity contribution in [2.45, 2.75) is 71.1 Å². The molecule has 4 atom stereocenters. The van der Waals surface area contributed by atoms with E-state index in [-0.39, 0.29) is 24.7 Å². The average Bonchev–Trinajstić information content (AvgIpc) is 3.24. The number of amides is 4. The second kappa shape index (κ2) is 13.6. The number of benzene rings is 1. The first-order chi connectivity index (χ1) is 17.8. The zero-order valence-electron chi connectivity index (χ0n) is 22.1. The number of nitrogens with two attached hydrogens (primary N) is 2. The van der Waals surface area contributed by atoms with Gasteiger partial charge in [-0.15, -0.1) is 0 Å². The SMILES string of the molecule is CC(C)CC(NC(=O)C(N)C(C)C)C(=O)NC(Cc1c[nH]c2ccccc12)C(=O)NC(CC(N)=O)C(=O)O. The lowest BCUT2D eigenvalue weighted by Crippen LogP contribution is -2.58. The van der Waals surface area contributed by atoms with Crippen LogP contribution >= 0.6 is 0 Å². The maximum atomic E-state index is 13.4. The topological polar surface area (TPSA) is 209 Å². The molecule has 9 N–H and O–H groups in total. The molecule has 0 saturated carbocycles. The van der Waals surface area contributed by atoms with Crippen molar-refractivity contribution in [3.63, 3.8) is 0 Å². The van der Waals surface area contributed by atoms with Gasteiger partial charge in [0.15, 0.2) is 0 Å². The van der Waals surface area contributed by atoms with Crippen molar-refractivity contribution >= 4 is 40.5 Å². The van der Waals surface area contributed by atoms with Gasteiger partial charge in [-0.1, -0.05) is 45.9 Å². The second-order valence-electron chi connectivity index (χ2n) is 10.2. The predicted octanol–water partition coefficient (Wildman–Crippen LogP) is 0.154. The van der Waals surface area contributed by atoms with E-state index >= 15 is 0 Å². The summed E-state index contributed by atoms with van der Waals surface area (Å²) >= 11 is 0. The van der Waals surface area contributed by atoms with E-state index in [2.05, 4.69) is 20.9 Å². The van der Waals surface area contributed by atoms with Gasteiger partial charge in [0, 0.05) is 23.5 Å². The van der Waals surface area contributed by atoms with Crippen LogP contribution in [0.5, 0.6) is 0 Å². The summed E-state index contributed by atoms with van der Waals surface area (Å²) in [6.45, 7) is 7.33. The van der Waals surface area contributed by atoms with Crippen molar-refractivity contribution in [1.82, 2.24) is 20.9 Å². The normalized spacial score (nSPS) is 14.5. The van der Waals surface area contributed by atoms with E-state index in [4.69, 9.17) is 11.5 Å². The monoisotopic (exact) mass is 530 g/mol. The third kappa shape index (κ3) is 8.58. The summed E-state index contributed by atoms with van der Waals surface area (Å²) in [5.41, 5.74) is 12.6. The Balaban J connectivity index is 2.34. The fourth-order valence-electron chi connectivity index (χ4n) is 3.95. The zero-order chi connectivity index (χ0) is 28.6. The Morgan fingerprint density at radius 1 is 0.895 bits per heavy atom. The summed E-state index contributed by atoms with van der Waals surface area (Å²) in [4.78, 5) is 65.3. The Hall–Kier alpha value is -3.93. The molecular weight excluding hydrogens is 492 g/mol. The first kappa shape index (κ1) is 30.3. The van der Waals surface area contributed by atoms with Crippen molar-refractivity contribution in [1.29, 1.82) is 0 Å². The van der Waals surface area contributed by atoms with Crippen molar-refractivity contribution in [3.8, 4) is 0 Å². The quantitative estimate of drug-likeness (QED) is 0.180. The van der Waals surface area contributed by atoms with Crippen LogP contribution in [0.25, 0.3) is 10.9 Å². The van der Waals surface area contributed by atoms with Gasteiger partial charge in [-0.25, -0.2) is 4.79 Å². The van der Waals surface area contributed by atoms with Gasteiger partial charge >= 0.3 is 5.97 Å². The molecule has 1 heterocycles. The highest BCUT2D eigenvalue weighted by Gasteiger charge is 2.32. The van der Waals surface area contributed by atoms with Crippen LogP contribution in [0.1, 0.15) is 46.1 Å². The van der Waals surface area contributed by atoms with Crippen molar-refractivity contribution < 1.29 is 29.1 Å². The highest BCUT2D eigenvalue weighted by atomic mass is 16.4. The largest absolute Gasteiger partial charge is 0.480 e. The molecule has 208 valence electrons. The summed E-state index contributed by atoms with van der Waals surface area (Å²) in [5, 5.41) is 17.9. The minimum absolute atomic E-state index is 0.0123. The number of hydrogen-bond donors (Lipinski definition) is 7. The maximum absolute atomic E-state index is 13.4. The summed E-state index contributed by atoms with van der Waals surface area (Å²) in [7, 11) is 0. The van der Waals surface area contributed by atoms with Crippen LogP contribution in [0.4, 0.5) is 0 Å². The van der Waals surface area contributed by atoms with Gasteiger partial charge in [0.05, 0.1) is 12.5 Å². The fraction of sp³-hybridized carbons (Fsp3) is 0.500. The van der Waals surface area contributed by atoms with E-state index < -0.39 is 60.2 Å². The minimum atomic E-state index is -1.57. The van der Waals surface area contributed by atoms with Gasteiger partial charge in [-0.2, -0.15) is 0 Å². The minimum Gasteiger partial charge on any atom is -0.480 e. The molecule has 12 nitrogen and oxygen atoms in total. The molecule has 0 aliphatic rings. The van der Waals surface area contributed by atoms with E-state index in [9.17, 15) is 29.1 Å².